The Balaban J connectivity index is 1.34. The molecule has 6 rings (SSSR count). The van der Waals surface area contributed by atoms with Crippen LogP contribution >= 0.6 is 0 Å². The first-order valence-electron chi connectivity index (χ1n) is 12.0. The molecule has 190 valence electrons. The predicted molar refractivity (Wildman–Crippen MR) is 132 cm³/mol. The smallest absolute Gasteiger partial charge is 0.315 e. The summed E-state index contributed by atoms with van der Waals surface area (Å²) in [6.45, 7) is 1.45. The highest BCUT2D eigenvalue weighted by Crippen LogP contribution is 2.38. The summed E-state index contributed by atoms with van der Waals surface area (Å²) in [6.07, 6.45) is -0.886. The van der Waals surface area contributed by atoms with Crippen molar-refractivity contribution >= 4 is 22.6 Å². The molecule has 4 heterocycles. The molecule has 2 aromatic heterocycles. The molecule has 0 aliphatic carbocycles. The lowest BCUT2D eigenvalue weighted by atomic mass is 9.92. The number of H-pyrrole nitrogens is 1. The molecule has 0 saturated carbocycles. The van der Waals surface area contributed by atoms with Crippen molar-refractivity contribution in [2.24, 2.45) is 0 Å². The zero-order valence-corrected chi connectivity index (χ0v) is 20.0. The largest absolute Gasteiger partial charge is 0.401 e. The number of fused-ring (bicyclic) bond motifs is 2. The van der Waals surface area contributed by atoms with Crippen molar-refractivity contribution in [1.82, 2.24) is 30.0 Å². The molecule has 11 heteroatoms. The minimum atomic E-state index is -4.31. The number of hydrogen-bond acceptors (Lipinski definition) is 5. The highest BCUT2D eigenvalue weighted by atomic mass is 19.4. The molecule has 4 aromatic rings. The summed E-state index contributed by atoms with van der Waals surface area (Å²) in [5, 5.41) is 11.2. The maximum atomic E-state index is 13.2. The van der Waals surface area contributed by atoms with Gasteiger partial charge in [0.1, 0.15) is 11.5 Å². The minimum absolute atomic E-state index is 0.141. The van der Waals surface area contributed by atoms with Crippen molar-refractivity contribution in [2.75, 3.05) is 25.0 Å². The van der Waals surface area contributed by atoms with E-state index in [9.17, 15) is 18.0 Å². The van der Waals surface area contributed by atoms with Crippen LogP contribution in [0.5, 0.6) is 0 Å². The summed E-state index contributed by atoms with van der Waals surface area (Å²) in [6, 6.07) is 12.5. The zero-order chi connectivity index (χ0) is 25.7. The monoisotopic (exact) mass is 507 g/mol. The first-order chi connectivity index (χ1) is 17.7. The number of carbonyl (C=O) groups is 1. The number of urea groups is 1. The van der Waals surface area contributed by atoms with E-state index in [0.29, 0.717) is 17.2 Å². The number of aromatic amines is 1. The number of carbonyl (C=O) groups excluding carboxylic acids is 1. The summed E-state index contributed by atoms with van der Waals surface area (Å²) in [5.41, 5.74) is 4.65. The van der Waals surface area contributed by atoms with Crippen LogP contribution in [-0.4, -0.2) is 67.8 Å². The summed E-state index contributed by atoms with van der Waals surface area (Å²) in [5.74, 6) is 0.414. The number of aromatic nitrogens is 4. The van der Waals surface area contributed by atoms with Gasteiger partial charge in [-0.1, -0.05) is 30.3 Å². The number of halogens is 3. The van der Waals surface area contributed by atoms with E-state index >= 15 is 0 Å². The molecule has 37 heavy (non-hydrogen) atoms. The van der Waals surface area contributed by atoms with Crippen molar-refractivity contribution in [3.8, 4) is 11.3 Å². The molecular weight excluding hydrogens is 483 g/mol. The van der Waals surface area contributed by atoms with E-state index in [2.05, 4.69) is 25.5 Å². The molecule has 2 unspecified atom stereocenters. The Bertz CT molecular complexity index is 1450. The third-order valence-corrected chi connectivity index (χ3v) is 7.08. The van der Waals surface area contributed by atoms with Crippen molar-refractivity contribution in [3.63, 3.8) is 0 Å². The van der Waals surface area contributed by atoms with E-state index < -0.39 is 18.8 Å². The second-order valence-electron chi connectivity index (χ2n) is 9.60. The molecule has 0 bridgehead atoms. The van der Waals surface area contributed by atoms with E-state index in [1.807, 2.05) is 49.4 Å². The van der Waals surface area contributed by atoms with E-state index in [1.165, 1.54) is 4.90 Å². The van der Waals surface area contributed by atoms with Gasteiger partial charge in [0, 0.05) is 54.6 Å². The van der Waals surface area contributed by atoms with Gasteiger partial charge < -0.3 is 10.2 Å². The average Bonchev–Trinajstić information content (AvgIpc) is 3.46. The van der Waals surface area contributed by atoms with E-state index in [0.717, 1.165) is 27.6 Å². The van der Waals surface area contributed by atoms with Gasteiger partial charge in [-0.05, 0) is 30.2 Å². The van der Waals surface area contributed by atoms with Gasteiger partial charge in [-0.15, -0.1) is 0 Å². The SMILES string of the molecule is Cc1ncc(-c2n[nH]c3cc4c(cc23)CN(C2CN(CC(F)(F)F)CC2c2ccccc2)C(=O)N4)cn1. The summed E-state index contributed by atoms with van der Waals surface area (Å²) < 4.78 is 39.7. The van der Waals surface area contributed by atoms with Crippen molar-refractivity contribution in [3.05, 3.63) is 71.8 Å². The summed E-state index contributed by atoms with van der Waals surface area (Å²) >= 11 is 0. The van der Waals surface area contributed by atoms with Crippen LogP contribution in [-0.2, 0) is 6.54 Å². The van der Waals surface area contributed by atoms with Gasteiger partial charge in [0.2, 0.25) is 0 Å². The zero-order valence-electron chi connectivity index (χ0n) is 20.0. The number of likely N-dealkylation sites (tertiary alicyclic amines) is 1. The average molecular weight is 508 g/mol. The van der Waals surface area contributed by atoms with Gasteiger partial charge in [0.15, 0.2) is 0 Å². The Hall–Kier alpha value is -3.99. The van der Waals surface area contributed by atoms with Crippen molar-refractivity contribution in [2.45, 2.75) is 31.6 Å². The number of alkyl halides is 3. The van der Waals surface area contributed by atoms with Gasteiger partial charge >= 0.3 is 12.2 Å². The molecule has 2 aliphatic heterocycles. The molecule has 2 aliphatic rings. The fraction of sp³-hybridized carbons (Fsp3) is 0.308. The minimum Gasteiger partial charge on any atom is -0.315 e. The van der Waals surface area contributed by atoms with Gasteiger partial charge in [-0.3, -0.25) is 10.00 Å². The van der Waals surface area contributed by atoms with Crippen LogP contribution in [0.3, 0.4) is 0 Å². The number of nitrogens with zero attached hydrogens (tertiary/aromatic N) is 5. The topological polar surface area (TPSA) is 90.0 Å². The molecule has 1 fully saturated rings. The number of benzene rings is 2. The lowest BCUT2D eigenvalue weighted by Gasteiger charge is -2.36. The number of aryl methyl sites for hydroxylation is 1. The highest BCUT2D eigenvalue weighted by Gasteiger charge is 2.44. The fourth-order valence-corrected chi connectivity index (χ4v) is 5.39. The van der Waals surface area contributed by atoms with Crippen LogP contribution in [0.25, 0.3) is 22.2 Å². The standard InChI is InChI=1S/C26H24F3N7O/c1-15-30-9-18(10-31-15)24-19-7-17-11-36(25(37)32-21(17)8-22(19)33-34-24)23-13-35(14-26(27,28)29)12-20(23)16-5-3-2-4-6-16/h2-10,20,23H,11-14H2,1H3,(H,32,37)(H,33,34). The van der Waals surface area contributed by atoms with Crippen LogP contribution in [0.15, 0.2) is 54.9 Å². The Morgan fingerprint density at radius 3 is 2.57 bits per heavy atom. The molecule has 2 atom stereocenters. The highest BCUT2D eigenvalue weighted by molar-refractivity contribution is 6.00. The van der Waals surface area contributed by atoms with Crippen LogP contribution in [0.4, 0.5) is 23.7 Å². The number of anilines is 1. The normalized spacial score (nSPS) is 20.3. The Kier molecular flexibility index (Phi) is 5.59. The van der Waals surface area contributed by atoms with E-state index in [-0.39, 0.29) is 31.6 Å². The quantitative estimate of drug-likeness (QED) is 0.418. The number of nitrogens with one attached hydrogen (secondary N) is 2. The Labute approximate surface area is 210 Å². The first kappa shape index (κ1) is 23.4. The summed E-state index contributed by atoms with van der Waals surface area (Å²) in [7, 11) is 0. The molecule has 2 aromatic carbocycles. The number of hydrogen-bond donors (Lipinski definition) is 2. The predicted octanol–water partition coefficient (Wildman–Crippen LogP) is 4.71. The van der Waals surface area contributed by atoms with Crippen molar-refractivity contribution < 1.29 is 18.0 Å². The lowest BCUT2D eigenvalue weighted by Crippen LogP contribution is -2.48. The van der Waals surface area contributed by atoms with Gasteiger partial charge in [-0.25, -0.2) is 14.8 Å². The molecule has 1 saturated heterocycles. The van der Waals surface area contributed by atoms with E-state index in [1.54, 1.807) is 17.3 Å². The van der Waals surface area contributed by atoms with Crippen LogP contribution < -0.4 is 5.32 Å². The van der Waals surface area contributed by atoms with Crippen LogP contribution in [0.2, 0.25) is 0 Å². The van der Waals surface area contributed by atoms with Crippen LogP contribution in [0, 0.1) is 6.92 Å². The lowest BCUT2D eigenvalue weighted by molar-refractivity contribution is -0.143. The van der Waals surface area contributed by atoms with Gasteiger partial charge in [0.05, 0.1) is 18.1 Å². The molecule has 0 spiro atoms. The summed E-state index contributed by atoms with van der Waals surface area (Å²) in [4.78, 5) is 24.8. The van der Waals surface area contributed by atoms with Crippen molar-refractivity contribution in [1.29, 1.82) is 0 Å². The maximum absolute atomic E-state index is 13.2. The van der Waals surface area contributed by atoms with Gasteiger partial charge in [-0.2, -0.15) is 18.3 Å². The Morgan fingerprint density at radius 1 is 1.08 bits per heavy atom. The number of rotatable bonds is 4. The van der Waals surface area contributed by atoms with Gasteiger partial charge in [0.25, 0.3) is 0 Å². The fourth-order valence-electron chi connectivity index (χ4n) is 5.39. The molecule has 2 N–H and O–H groups in total. The second kappa shape index (κ2) is 8.84. The van der Waals surface area contributed by atoms with Crippen LogP contribution in [0.1, 0.15) is 22.9 Å². The van der Waals surface area contributed by atoms with E-state index in [4.69, 9.17) is 0 Å². The first-order valence-corrected chi connectivity index (χ1v) is 12.0. The third kappa shape index (κ3) is 4.50. The molecular formula is C26H24F3N7O. The number of amides is 2. The Morgan fingerprint density at radius 2 is 1.84 bits per heavy atom. The molecule has 8 nitrogen and oxygen atoms in total. The maximum Gasteiger partial charge on any atom is 0.401 e. The third-order valence-electron chi connectivity index (χ3n) is 7.08. The molecule has 2 amide bonds. The second-order valence-corrected chi connectivity index (χ2v) is 9.60. The molecule has 0 radical (unpaired) electrons.